The van der Waals surface area contributed by atoms with E-state index in [1.54, 1.807) is 0 Å². The van der Waals surface area contributed by atoms with Gasteiger partial charge in [0.25, 0.3) is 0 Å². The van der Waals surface area contributed by atoms with Crippen LogP contribution < -0.4 is 0 Å². The van der Waals surface area contributed by atoms with E-state index in [1.165, 1.54) is 0 Å². The second kappa shape index (κ2) is 5.61. The van der Waals surface area contributed by atoms with E-state index < -0.39 is 6.98 Å². The first-order valence-corrected chi connectivity index (χ1v) is 4.57. The summed E-state index contributed by atoms with van der Waals surface area (Å²) >= 11 is 0. The molecule has 0 saturated heterocycles. The molecule has 0 amide bonds. The van der Waals surface area contributed by atoms with Gasteiger partial charge in [0.2, 0.25) is 0 Å². The van der Waals surface area contributed by atoms with Crippen LogP contribution in [0.2, 0.25) is 0 Å². The van der Waals surface area contributed by atoms with Crippen LogP contribution in [0.4, 0.5) is 12.9 Å². The molecule has 0 aliphatic carbocycles. The zero-order valence-corrected chi connectivity index (χ0v) is 8.08. The number of hydrogen-bond donors (Lipinski definition) is 0. The molecular formula is C10H11BF3O-. The van der Waals surface area contributed by atoms with Gasteiger partial charge >= 0.3 is 6.98 Å². The van der Waals surface area contributed by atoms with Crippen molar-refractivity contribution in [3.8, 4) is 0 Å². The molecule has 0 heterocycles. The molecule has 1 nitrogen and oxygen atoms in total. The minimum absolute atomic E-state index is 0.0177. The lowest BCUT2D eigenvalue weighted by Gasteiger charge is -2.06. The molecule has 0 aliphatic rings. The van der Waals surface area contributed by atoms with Gasteiger partial charge in [0.15, 0.2) is 0 Å². The van der Waals surface area contributed by atoms with Crippen LogP contribution >= 0.6 is 0 Å². The summed E-state index contributed by atoms with van der Waals surface area (Å²) in [6.45, 7) is -4.52. The van der Waals surface area contributed by atoms with Gasteiger partial charge in [-0.05, 0) is 5.56 Å². The molecule has 0 radical (unpaired) electrons. The van der Waals surface area contributed by atoms with Crippen molar-refractivity contribution in [2.75, 3.05) is 6.61 Å². The van der Waals surface area contributed by atoms with Gasteiger partial charge in [-0.25, -0.2) is 0 Å². The molecule has 1 rings (SSSR count). The number of halogens is 3. The molecule has 1 aromatic rings. The van der Waals surface area contributed by atoms with Crippen LogP contribution in [-0.4, -0.2) is 13.6 Å². The first kappa shape index (κ1) is 11.8. The monoisotopic (exact) mass is 215 g/mol. The molecule has 0 fully saturated rings. The third-order valence-electron chi connectivity index (χ3n) is 1.68. The van der Waals surface area contributed by atoms with Crippen LogP contribution in [0.1, 0.15) is 5.56 Å². The normalized spacial score (nSPS) is 12.2. The highest BCUT2D eigenvalue weighted by molar-refractivity contribution is 6.64. The van der Waals surface area contributed by atoms with Crippen molar-refractivity contribution < 1.29 is 17.7 Å². The first-order chi connectivity index (χ1) is 7.08. The molecule has 15 heavy (non-hydrogen) atoms. The predicted molar refractivity (Wildman–Crippen MR) is 54.3 cm³/mol. The van der Waals surface area contributed by atoms with Crippen molar-refractivity contribution in [3.05, 3.63) is 47.9 Å². The maximum absolute atomic E-state index is 11.7. The molecule has 0 bridgehead atoms. The number of hydrogen-bond acceptors (Lipinski definition) is 1. The zero-order chi connectivity index (χ0) is 11.1. The van der Waals surface area contributed by atoms with E-state index in [-0.39, 0.29) is 12.6 Å². The van der Waals surface area contributed by atoms with Crippen molar-refractivity contribution in [1.82, 2.24) is 0 Å². The summed E-state index contributed by atoms with van der Waals surface area (Å²) in [5, 5.41) is 0. The first-order valence-electron chi connectivity index (χ1n) is 4.57. The topological polar surface area (TPSA) is 9.23 Å². The number of benzene rings is 1. The van der Waals surface area contributed by atoms with Gasteiger partial charge < -0.3 is 17.7 Å². The van der Waals surface area contributed by atoms with Crippen molar-refractivity contribution in [1.29, 1.82) is 0 Å². The number of ether oxygens (including phenoxy) is 1. The third kappa shape index (κ3) is 5.96. The Kier molecular flexibility index (Phi) is 4.43. The standard InChI is InChI=1S/C10H11BF3O/c12-11(13,14)7-4-8-15-9-10-5-2-1-3-6-10/h1-7H,8-9H2/q-1. The van der Waals surface area contributed by atoms with Gasteiger partial charge in [-0.15, -0.1) is 5.98 Å². The van der Waals surface area contributed by atoms with Gasteiger partial charge in [-0.1, -0.05) is 36.4 Å². The van der Waals surface area contributed by atoms with Crippen LogP contribution in [0.15, 0.2) is 42.4 Å². The van der Waals surface area contributed by atoms with E-state index in [9.17, 15) is 12.9 Å². The molecule has 0 N–H and O–H groups in total. The molecule has 0 unspecified atom stereocenters. The fraction of sp³-hybridized carbons (Fsp3) is 0.200. The highest BCUT2D eigenvalue weighted by atomic mass is 19.4. The minimum Gasteiger partial charge on any atom is -0.445 e. The Bertz CT molecular complexity index is 308. The second-order valence-electron chi connectivity index (χ2n) is 3.05. The van der Waals surface area contributed by atoms with Gasteiger partial charge in [0, 0.05) is 0 Å². The summed E-state index contributed by atoms with van der Waals surface area (Å²) in [4.78, 5) is 0. The molecular weight excluding hydrogens is 204 g/mol. The van der Waals surface area contributed by atoms with E-state index in [0.29, 0.717) is 6.61 Å². The second-order valence-corrected chi connectivity index (χ2v) is 3.05. The summed E-state index contributed by atoms with van der Waals surface area (Å²) in [5.41, 5.74) is 0.948. The smallest absolute Gasteiger partial charge is 0.445 e. The third-order valence-corrected chi connectivity index (χ3v) is 1.68. The van der Waals surface area contributed by atoms with Crippen LogP contribution in [0.25, 0.3) is 0 Å². The highest BCUT2D eigenvalue weighted by Crippen LogP contribution is 2.09. The predicted octanol–water partition coefficient (Wildman–Crippen LogP) is 3.15. The molecule has 0 aromatic heterocycles. The molecule has 0 spiro atoms. The van der Waals surface area contributed by atoms with E-state index in [0.717, 1.165) is 11.6 Å². The molecule has 82 valence electrons. The maximum atomic E-state index is 11.7. The van der Waals surface area contributed by atoms with Gasteiger partial charge in [-0.2, -0.15) is 0 Å². The summed E-state index contributed by atoms with van der Waals surface area (Å²) in [6.07, 6.45) is 0.989. The Morgan fingerprint density at radius 3 is 2.40 bits per heavy atom. The van der Waals surface area contributed by atoms with Crippen LogP contribution in [-0.2, 0) is 11.3 Å². The molecule has 5 heteroatoms. The molecule has 0 saturated carbocycles. The zero-order valence-electron chi connectivity index (χ0n) is 8.08. The fourth-order valence-corrected chi connectivity index (χ4v) is 1.03. The number of rotatable bonds is 5. The summed E-state index contributed by atoms with van der Waals surface area (Å²) in [7, 11) is 0. The van der Waals surface area contributed by atoms with Gasteiger partial charge in [0.1, 0.15) is 0 Å². The lowest BCUT2D eigenvalue weighted by atomic mass is 9.92. The molecule has 0 aliphatic heterocycles. The van der Waals surface area contributed by atoms with E-state index in [4.69, 9.17) is 4.74 Å². The Morgan fingerprint density at radius 2 is 1.80 bits per heavy atom. The van der Waals surface area contributed by atoms with Crippen LogP contribution in [0.3, 0.4) is 0 Å². The largest absolute Gasteiger partial charge is 0.502 e. The average molecular weight is 215 g/mol. The van der Waals surface area contributed by atoms with E-state index >= 15 is 0 Å². The lowest BCUT2D eigenvalue weighted by molar-refractivity contribution is 0.148. The maximum Gasteiger partial charge on any atom is 0.502 e. The lowest BCUT2D eigenvalue weighted by Crippen LogP contribution is -2.10. The Labute approximate surface area is 86.6 Å². The van der Waals surface area contributed by atoms with E-state index in [1.807, 2.05) is 30.3 Å². The average Bonchev–Trinajstić information content (AvgIpc) is 2.17. The quantitative estimate of drug-likeness (QED) is 0.541. The van der Waals surface area contributed by atoms with Gasteiger partial charge in [-0.3, -0.25) is 0 Å². The van der Waals surface area contributed by atoms with Crippen molar-refractivity contribution in [2.45, 2.75) is 6.61 Å². The van der Waals surface area contributed by atoms with E-state index in [2.05, 4.69) is 0 Å². The van der Waals surface area contributed by atoms with Gasteiger partial charge in [0.05, 0.1) is 13.2 Å². The molecule has 0 atom stereocenters. The van der Waals surface area contributed by atoms with Crippen molar-refractivity contribution in [2.24, 2.45) is 0 Å². The summed E-state index contributed by atoms with van der Waals surface area (Å²) in [5.74, 6) is 0.241. The Morgan fingerprint density at radius 1 is 1.13 bits per heavy atom. The summed E-state index contributed by atoms with van der Waals surface area (Å²) < 4.78 is 40.2. The summed E-state index contributed by atoms with van der Waals surface area (Å²) in [6, 6.07) is 9.30. The molecule has 1 aromatic carbocycles. The minimum atomic E-state index is -4.84. The highest BCUT2D eigenvalue weighted by Gasteiger charge is 2.16. The SMILES string of the molecule is F[B-](F)(F)C=CCOCc1ccccc1. The van der Waals surface area contributed by atoms with Crippen LogP contribution in [0.5, 0.6) is 0 Å². The van der Waals surface area contributed by atoms with Crippen LogP contribution in [0, 0.1) is 0 Å². The fourth-order valence-electron chi connectivity index (χ4n) is 1.03. The van der Waals surface area contributed by atoms with Crippen molar-refractivity contribution >= 4 is 6.98 Å². The van der Waals surface area contributed by atoms with Crippen molar-refractivity contribution in [3.63, 3.8) is 0 Å². The Balaban J connectivity index is 2.21. The Hall–Kier alpha value is -1.23.